The van der Waals surface area contributed by atoms with E-state index >= 15 is 0 Å². The topological polar surface area (TPSA) is 67.4 Å². The number of nitrogens with one attached hydrogen (secondary N) is 2. The molecule has 2 aromatic carbocycles. The van der Waals surface area contributed by atoms with Crippen molar-refractivity contribution >= 4 is 23.4 Å². The van der Waals surface area contributed by atoms with Crippen molar-refractivity contribution in [3.63, 3.8) is 0 Å². The summed E-state index contributed by atoms with van der Waals surface area (Å²) in [6.07, 6.45) is 0. The van der Waals surface area contributed by atoms with Gasteiger partial charge in [0.05, 0.1) is 12.1 Å². The highest BCUT2D eigenvalue weighted by Gasteiger charge is 2.16. The molecule has 2 N–H and O–H groups in total. The summed E-state index contributed by atoms with van der Waals surface area (Å²) in [6.45, 7) is 5.78. The quantitative estimate of drug-likeness (QED) is 0.812. The van der Waals surface area contributed by atoms with Gasteiger partial charge in [-0.25, -0.2) is 0 Å². The molecule has 5 nitrogen and oxygen atoms in total. The molecular formula is C20H23ClN2O3. The second kappa shape index (κ2) is 8.72. The SMILES string of the molecule is CC(C)(C)NC(=O)CNC(=O)c1ccccc1OCc1ccccc1Cl. The number of carbonyl (C=O) groups is 2. The fourth-order valence-electron chi connectivity index (χ4n) is 2.27. The molecule has 6 heteroatoms. The summed E-state index contributed by atoms with van der Waals surface area (Å²) in [4.78, 5) is 24.3. The maximum Gasteiger partial charge on any atom is 0.255 e. The third kappa shape index (κ3) is 6.08. The van der Waals surface area contributed by atoms with E-state index in [-0.39, 0.29) is 30.5 Å². The molecule has 2 aromatic rings. The number of amides is 2. The molecule has 0 heterocycles. The number of carbonyl (C=O) groups excluding carboxylic acids is 2. The Kier molecular flexibility index (Phi) is 6.64. The Morgan fingerprint density at radius 2 is 1.69 bits per heavy atom. The van der Waals surface area contributed by atoms with Crippen LogP contribution in [-0.2, 0) is 11.4 Å². The number of ether oxygens (including phenoxy) is 1. The standard InChI is InChI=1S/C20H23ClN2O3/c1-20(2,3)23-18(24)12-22-19(25)15-9-5-7-11-17(15)26-13-14-8-4-6-10-16(14)21/h4-11H,12-13H2,1-3H3,(H,22,25)(H,23,24). The molecule has 0 bridgehead atoms. The highest BCUT2D eigenvalue weighted by molar-refractivity contribution is 6.31. The van der Waals surface area contributed by atoms with Gasteiger partial charge in [-0.15, -0.1) is 0 Å². The third-order valence-electron chi connectivity index (χ3n) is 3.40. The van der Waals surface area contributed by atoms with Gasteiger partial charge in [0.25, 0.3) is 5.91 Å². The molecule has 0 fully saturated rings. The molecule has 0 unspecified atom stereocenters. The van der Waals surface area contributed by atoms with Crippen molar-refractivity contribution in [1.82, 2.24) is 10.6 Å². The van der Waals surface area contributed by atoms with Crippen molar-refractivity contribution in [3.05, 3.63) is 64.7 Å². The van der Waals surface area contributed by atoms with Crippen LogP contribution in [0.5, 0.6) is 5.75 Å². The summed E-state index contributed by atoms with van der Waals surface area (Å²) in [6, 6.07) is 14.2. The van der Waals surface area contributed by atoms with Crippen LogP contribution >= 0.6 is 11.6 Å². The van der Waals surface area contributed by atoms with E-state index in [2.05, 4.69) is 10.6 Å². The Labute approximate surface area is 158 Å². The first-order chi connectivity index (χ1) is 12.3. The number of hydrogen-bond acceptors (Lipinski definition) is 3. The molecule has 0 saturated carbocycles. The summed E-state index contributed by atoms with van der Waals surface area (Å²) in [7, 11) is 0. The van der Waals surface area contributed by atoms with Crippen LogP contribution in [0.4, 0.5) is 0 Å². The summed E-state index contributed by atoms with van der Waals surface area (Å²) >= 11 is 6.13. The lowest BCUT2D eigenvalue weighted by molar-refractivity contribution is -0.121. The van der Waals surface area contributed by atoms with Crippen LogP contribution in [-0.4, -0.2) is 23.9 Å². The predicted octanol–water partition coefficient (Wildman–Crippen LogP) is 3.56. The first-order valence-corrected chi connectivity index (χ1v) is 8.68. The lowest BCUT2D eigenvalue weighted by Crippen LogP contribution is -2.45. The van der Waals surface area contributed by atoms with Gasteiger partial charge in [0.15, 0.2) is 0 Å². The van der Waals surface area contributed by atoms with E-state index in [0.29, 0.717) is 16.3 Å². The van der Waals surface area contributed by atoms with Crippen molar-refractivity contribution in [2.24, 2.45) is 0 Å². The number of halogens is 1. The molecule has 0 aromatic heterocycles. The fourth-order valence-corrected chi connectivity index (χ4v) is 2.46. The number of hydrogen-bond donors (Lipinski definition) is 2. The van der Waals surface area contributed by atoms with Crippen molar-refractivity contribution in [2.45, 2.75) is 32.9 Å². The molecule has 2 rings (SSSR count). The molecule has 0 aliphatic carbocycles. The van der Waals surface area contributed by atoms with E-state index in [4.69, 9.17) is 16.3 Å². The largest absolute Gasteiger partial charge is 0.488 e. The van der Waals surface area contributed by atoms with E-state index < -0.39 is 0 Å². The Morgan fingerprint density at radius 3 is 2.38 bits per heavy atom. The van der Waals surface area contributed by atoms with Crippen LogP contribution in [0, 0.1) is 0 Å². The first-order valence-electron chi connectivity index (χ1n) is 8.31. The van der Waals surface area contributed by atoms with Crippen LogP contribution in [0.25, 0.3) is 0 Å². The van der Waals surface area contributed by atoms with Gasteiger partial charge in [-0.3, -0.25) is 9.59 Å². The lowest BCUT2D eigenvalue weighted by atomic mass is 10.1. The fraction of sp³-hybridized carbons (Fsp3) is 0.300. The molecule has 0 aliphatic rings. The summed E-state index contributed by atoms with van der Waals surface area (Å²) in [5.74, 6) is -0.190. The Balaban J connectivity index is 2.00. The van der Waals surface area contributed by atoms with Crippen molar-refractivity contribution in [3.8, 4) is 5.75 Å². The van der Waals surface area contributed by atoms with Gasteiger partial charge >= 0.3 is 0 Å². The Morgan fingerprint density at radius 1 is 1.04 bits per heavy atom. The zero-order valence-corrected chi connectivity index (χ0v) is 15.9. The van der Waals surface area contributed by atoms with Crippen LogP contribution in [0.2, 0.25) is 5.02 Å². The minimum atomic E-state index is -0.371. The molecule has 138 valence electrons. The molecule has 0 aliphatic heterocycles. The summed E-state index contributed by atoms with van der Waals surface area (Å²) in [5.41, 5.74) is 0.842. The van der Waals surface area contributed by atoms with E-state index in [1.165, 1.54) is 0 Å². The van der Waals surface area contributed by atoms with Gasteiger partial charge in [-0.05, 0) is 39.0 Å². The number of benzene rings is 2. The van der Waals surface area contributed by atoms with Crippen molar-refractivity contribution < 1.29 is 14.3 Å². The molecular weight excluding hydrogens is 352 g/mol. The molecule has 0 spiro atoms. The number of rotatable bonds is 6. The van der Waals surface area contributed by atoms with E-state index in [0.717, 1.165) is 5.56 Å². The second-order valence-electron chi connectivity index (χ2n) is 6.86. The average Bonchev–Trinajstić information content (AvgIpc) is 2.58. The van der Waals surface area contributed by atoms with Gasteiger partial charge in [-0.1, -0.05) is 41.9 Å². The summed E-state index contributed by atoms with van der Waals surface area (Å²) < 4.78 is 5.77. The number of para-hydroxylation sites is 1. The highest BCUT2D eigenvalue weighted by atomic mass is 35.5. The predicted molar refractivity (Wildman–Crippen MR) is 102 cm³/mol. The minimum absolute atomic E-state index is 0.102. The molecule has 26 heavy (non-hydrogen) atoms. The van der Waals surface area contributed by atoms with Crippen LogP contribution < -0.4 is 15.4 Å². The maximum absolute atomic E-state index is 12.4. The van der Waals surface area contributed by atoms with E-state index in [1.807, 2.05) is 39.0 Å². The van der Waals surface area contributed by atoms with E-state index in [9.17, 15) is 9.59 Å². The maximum atomic E-state index is 12.4. The lowest BCUT2D eigenvalue weighted by Gasteiger charge is -2.20. The first kappa shape index (κ1) is 19.8. The zero-order valence-electron chi connectivity index (χ0n) is 15.1. The second-order valence-corrected chi connectivity index (χ2v) is 7.26. The van der Waals surface area contributed by atoms with Gasteiger partial charge in [-0.2, -0.15) is 0 Å². The molecule has 0 atom stereocenters. The minimum Gasteiger partial charge on any atom is -0.488 e. The average molecular weight is 375 g/mol. The molecule has 0 radical (unpaired) electrons. The van der Waals surface area contributed by atoms with Crippen LogP contribution in [0.15, 0.2) is 48.5 Å². The Bertz CT molecular complexity index is 785. The normalized spacial score (nSPS) is 10.9. The van der Waals surface area contributed by atoms with Gasteiger partial charge in [0, 0.05) is 16.1 Å². The molecule has 0 saturated heterocycles. The van der Waals surface area contributed by atoms with Crippen LogP contribution in [0.1, 0.15) is 36.7 Å². The van der Waals surface area contributed by atoms with E-state index in [1.54, 1.807) is 30.3 Å². The monoisotopic (exact) mass is 374 g/mol. The van der Waals surface area contributed by atoms with Crippen molar-refractivity contribution in [2.75, 3.05) is 6.54 Å². The van der Waals surface area contributed by atoms with Crippen LogP contribution in [0.3, 0.4) is 0 Å². The van der Waals surface area contributed by atoms with Gasteiger partial charge in [0.2, 0.25) is 5.91 Å². The van der Waals surface area contributed by atoms with Gasteiger partial charge < -0.3 is 15.4 Å². The third-order valence-corrected chi connectivity index (χ3v) is 3.77. The zero-order chi connectivity index (χ0) is 19.2. The summed E-state index contributed by atoms with van der Waals surface area (Å²) in [5, 5.41) is 6.01. The molecule has 2 amide bonds. The van der Waals surface area contributed by atoms with Crippen molar-refractivity contribution in [1.29, 1.82) is 0 Å². The smallest absolute Gasteiger partial charge is 0.255 e. The van der Waals surface area contributed by atoms with Gasteiger partial charge in [0.1, 0.15) is 12.4 Å². The highest BCUT2D eigenvalue weighted by Crippen LogP contribution is 2.22. The Hall–Kier alpha value is -2.53.